The van der Waals surface area contributed by atoms with Crippen LogP contribution in [0.5, 0.6) is 0 Å². The van der Waals surface area contributed by atoms with Gasteiger partial charge in [0.15, 0.2) is 0 Å². The quantitative estimate of drug-likeness (QED) is 0.487. The second kappa shape index (κ2) is 4.62. The third-order valence-electron chi connectivity index (χ3n) is 2.78. The number of fused-ring (bicyclic) bond motifs is 1. The first-order chi connectivity index (χ1) is 8.06. The van der Waals surface area contributed by atoms with Gasteiger partial charge in [-0.1, -0.05) is 18.3 Å². The maximum Gasteiger partial charge on any atom is 0.352 e. The summed E-state index contributed by atoms with van der Waals surface area (Å²) in [6.07, 6.45) is 2.40. The van der Waals surface area contributed by atoms with E-state index in [0.717, 1.165) is 6.42 Å². The first kappa shape index (κ1) is 12.3. The first-order valence-corrected chi connectivity index (χ1v) is 6.61. The molecule has 0 saturated heterocycles. The molecule has 2 aromatic rings. The molecule has 0 fully saturated rings. The molecule has 0 amide bonds. The minimum absolute atomic E-state index is 0.0422. The molecule has 2 heterocycles. The van der Waals surface area contributed by atoms with Crippen LogP contribution in [0.1, 0.15) is 31.9 Å². The predicted octanol–water partition coefficient (Wildman–Crippen LogP) is 3.42. The van der Waals surface area contributed by atoms with Gasteiger partial charge in [0.2, 0.25) is 0 Å². The Bertz CT molecular complexity index is 549. The average Bonchev–Trinajstić information content (AvgIpc) is 2.76. The van der Waals surface area contributed by atoms with E-state index in [0.29, 0.717) is 10.7 Å². The molecule has 2 atom stereocenters. The number of alkyl halides is 1. The Morgan fingerprint density at radius 2 is 2.41 bits per heavy atom. The molecular weight excluding hydrogens is 262 g/mol. The summed E-state index contributed by atoms with van der Waals surface area (Å²) in [6.45, 7) is 3.80. The van der Waals surface area contributed by atoms with E-state index in [9.17, 15) is 10.1 Å². The second-order valence-electron chi connectivity index (χ2n) is 3.83. The van der Waals surface area contributed by atoms with Gasteiger partial charge in [0.05, 0.1) is 0 Å². The molecule has 0 aliphatic rings. The molecule has 0 aliphatic carbocycles. The zero-order chi connectivity index (χ0) is 12.6. The van der Waals surface area contributed by atoms with Gasteiger partial charge in [-0.25, -0.2) is 0 Å². The van der Waals surface area contributed by atoms with Crippen molar-refractivity contribution in [2.45, 2.75) is 31.6 Å². The highest BCUT2D eigenvalue weighted by molar-refractivity contribution is 7.15. The van der Waals surface area contributed by atoms with Crippen LogP contribution in [0.25, 0.3) is 4.96 Å². The lowest BCUT2D eigenvalue weighted by Gasteiger charge is -2.14. The van der Waals surface area contributed by atoms with Crippen LogP contribution in [-0.4, -0.2) is 19.7 Å². The van der Waals surface area contributed by atoms with Gasteiger partial charge in [0, 0.05) is 16.7 Å². The van der Waals surface area contributed by atoms with Crippen molar-refractivity contribution in [1.29, 1.82) is 0 Å². The minimum atomic E-state index is -0.385. The second-order valence-corrected chi connectivity index (χ2v) is 5.39. The summed E-state index contributed by atoms with van der Waals surface area (Å²) < 4.78 is 1.52. The molecule has 0 spiro atoms. The number of hydrogen-bond acceptors (Lipinski definition) is 4. The van der Waals surface area contributed by atoms with Crippen LogP contribution < -0.4 is 0 Å². The standard InChI is InChI=1S/C10H12ClN3O2S/c1-3-7(6(2)11)8-9(14(15)16)13-4-5-17-10(13)12-8/h4-7H,3H2,1-2H3. The Labute approximate surface area is 107 Å². The van der Waals surface area contributed by atoms with Crippen molar-refractivity contribution < 1.29 is 4.92 Å². The molecule has 0 radical (unpaired) electrons. The number of rotatable bonds is 4. The number of halogens is 1. The zero-order valence-corrected chi connectivity index (χ0v) is 11.0. The van der Waals surface area contributed by atoms with Gasteiger partial charge in [-0.05, 0) is 18.3 Å². The molecule has 2 unspecified atom stereocenters. The third kappa shape index (κ3) is 2.02. The molecule has 0 saturated carbocycles. The van der Waals surface area contributed by atoms with E-state index in [4.69, 9.17) is 11.6 Å². The Kier molecular flexibility index (Phi) is 3.35. The molecule has 5 nitrogen and oxygen atoms in total. The molecule has 2 rings (SSSR count). The normalized spacial score (nSPS) is 15.0. The fraction of sp³-hybridized carbons (Fsp3) is 0.500. The topological polar surface area (TPSA) is 60.4 Å². The summed E-state index contributed by atoms with van der Waals surface area (Å²) in [5.74, 6) is -0.0511. The van der Waals surface area contributed by atoms with Gasteiger partial charge in [-0.15, -0.1) is 11.6 Å². The van der Waals surface area contributed by atoms with Gasteiger partial charge in [0.25, 0.3) is 4.96 Å². The van der Waals surface area contributed by atoms with Crippen molar-refractivity contribution in [3.63, 3.8) is 0 Å². The van der Waals surface area contributed by atoms with Gasteiger partial charge in [0.1, 0.15) is 11.9 Å². The van der Waals surface area contributed by atoms with Gasteiger partial charge in [-0.2, -0.15) is 9.38 Å². The van der Waals surface area contributed by atoms with Gasteiger partial charge in [-0.3, -0.25) is 0 Å². The van der Waals surface area contributed by atoms with Gasteiger partial charge < -0.3 is 10.1 Å². The molecule has 0 N–H and O–H groups in total. The molecule has 0 bridgehead atoms. The van der Waals surface area contributed by atoms with Crippen LogP contribution in [-0.2, 0) is 0 Å². The minimum Gasteiger partial charge on any atom is -0.358 e. The number of aromatic nitrogens is 2. The number of thiazole rings is 1. The molecule has 0 aromatic carbocycles. The Balaban J connectivity index is 2.63. The van der Waals surface area contributed by atoms with Crippen molar-refractivity contribution in [3.05, 3.63) is 27.4 Å². The van der Waals surface area contributed by atoms with Crippen molar-refractivity contribution >= 4 is 33.7 Å². The number of nitro groups is 1. The summed E-state index contributed by atoms with van der Waals surface area (Å²) in [7, 11) is 0. The van der Waals surface area contributed by atoms with Crippen LogP contribution in [0, 0.1) is 10.1 Å². The van der Waals surface area contributed by atoms with Crippen molar-refractivity contribution in [1.82, 2.24) is 9.38 Å². The van der Waals surface area contributed by atoms with E-state index < -0.39 is 0 Å². The smallest absolute Gasteiger partial charge is 0.352 e. The van der Waals surface area contributed by atoms with E-state index >= 15 is 0 Å². The van der Waals surface area contributed by atoms with Crippen LogP contribution >= 0.6 is 22.9 Å². The summed E-state index contributed by atoms with van der Waals surface area (Å²) in [4.78, 5) is 15.7. The first-order valence-electron chi connectivity index (χ1n) is 5.30. The van der Waals surface area contributed by atoms with Crippen molar-refractivity contribution in [2.24, 2.45) is 0 Å². The molecule has 7 heteroatoms. The van der Waals surface area contributed by atoms with Crippen LogP contribution in [0.4, 0.5) is 5.82 Å². The third-order valence-corrected chi connectivity index (χ3v) is 3.84. The fourth-order valence-corrected chi connectivity index (χ4v) is 2.97. The number of nitrogens with zero attached hydrogens (tertiary/aromatic N) is 3. The van der Waals surface area contributed by atoms with E-state index in [1.807, 2.05) is 13.8 Å². The fourth-order valence-electron chi connectivity index (χ4n) is 1.96. The summed E-state index contributed by atoms with van der Waals surface area (Å²) >= 11 is 7.46. The van der Waals surface area contributed by atoms with Crippen LogP contribution in [0.2, 0.25) is 0 Å². The highest BCUT2D eigenvalue weighted by Gasteiger charge is 2.30. The SMILES string of the molecule is CCC(c1nc2sccn2c1[N+](=O)[O-])C(C)Cl. The zero-order valence-electron chi connectivity index (χ0n) is 9.46. The molecular formula is C10H12ClN3O2S. The molecule has 2 aromatic heterocycles. The molecule has 92 valence electrons. The van der Waals surface area contributed by atoms with E-state index in [1.54, 1.807) is 11.6 Å². The highest BCUT2D eigenvalue weighted by atomic mass is 35.5. The lowest BCUT2D eigenvalue weighted by Crippen LogP contribution is -2.11. The van der Waals surface area contributed by atoms with E-state index in [2.05, 4.69) is 4.98 Å². The lowest BCUT2D eigenvalue weighted by molar-refractivity contribution is -0.391. The summed E-state index contributed by atoms with van der Waals surface area (Å²) in [5.41, 5.74) is 0.492. The van der Waals surface area contributed by atoms with Crippen molar-refractivity contribution in [2.75, 3.05) is 0 Å². The van der Waals surface area contributed by atoms with Crippen LogP contribution in [0.15, 0.2) is 11.6 Å². The summed E-state index contributed by atoms with van der Waals surface area (Å²) in [5, 5.41) is 12.7. The van der Waals surface area contributed by atoms with E-state index in [-0.39, 0.29) is 22.0 Å². The van der Waals surface area contributed by atoms with Gasteiger partial charge >= 0.3 is 5.82 Å². The Morgan fingerprint density at radius 3 is 2.94 bits per heavy atom. The largest absolute Gasteiger partial charge is 0.358 e. The molecule has 17 heavy (non-hydrogen) atoms. The number of imidazole rings is 1. The monoisotopic (exact) mass is 273 g/mol. The number of hydrogen-bond donors (Lipinski definition) is 0. The maximum atomic E-state index is 11.1. The lowest BCUT2D eigenvalue weighted by atomic mass is 9.99. The average molecular weight is 274 g/mol. The summed E-state index contributed by atoms with van der Waals surface area (Å²) in [6, 6.07) is 0. The maximum absolute atomic E-state index is 11.1. The Hall–Kier alpha value is -1.14. The van der Waals surface area contributed by atoms with E-state index in [1.165, 1.54) is 15.7 Å². The predicted molar refractivity (Wildman–Crippen MR) is 68.1 cm³/mol. The Morgan fingerprint density at radius 1 is 1.71 bits per heavy atom. The molecule has 0 aliphatic heterocycles. The van der Waals surface area contributed by atoms with Crippen LogP contribution in [0.3, 0.4) is 0 Å². The van der Waals surface area contributed by atoms with Crippen molar-refractivity contribution in [3.8, 4) is 0 Å². The highest BCUT2D eigenvalue weighted by Crippen LogP contribution is 2.34.